The van der Waals surface area contributed by atoms with E-state index < -0.39 is 10.1 Å². The maximum Gasteiger partial charge on any atom is 0.328 e. The second kappa shape index (κ2) is 15.8. The molecule has 3 aromatic rings. The van der Waals surface area contributed by atoms with E-state index in [9.17, 15) is 13.2 Å². The summed E-state index contributed by atoms with van der Waals surface area (Å²) >= 11 is 0. The Bertz CT molecular complexity index is 1280. The van der Waals surface area contributed by atoms with Crippen molar-refractivity contribution < 1.29 is 31.6 Å². The fraction of sp³-hybridized carbons (Fsp3) is 0.286. The van der Waals surface area contributed by atoms with Crippen LogP contribution in [0.3, 0.4) is 0 Å². The monoisotopic (exact) mass is 551 g/mol. The number of carbonyl (C=O) groups excluding carboxylic acids is 1. The molecule has 0 bridgehead atoms. The molecule has 0 N–H and O–H groups in total. The predicted octanol–water partition coefficient (Wildman–Crippen LogP) is 3.62. The number of carbonyl (C=O) groups is 1. The van der Waals surface area contributed by atoms with Crippen molar-refractivity contribution in [2.45, 2.75) is 11.8 Å². The first kappa shape index (κ1) is 30.0. The van der Waals surface area contributed by atoms with Crippen LogP contribution in [-0.4, -0.2) is 73.7 Å². The Kier molecular flexibility index (Phi) is 12.2. The van der Waals surface area contributed by atoms with E-state index in [-0.39, 0.29) is 18.1 Å². The highest BCUT2D eigenvalue weighted by molar-refractivity contribution is 7.86. The topological polar surface area (TPSA) is 104 Å². The van der Waals surface area contributed by atoms with Crippen molar-refractivity contribution in [3.8, 4) is 5.88 Å². The second-order valence-corrected chi connectivity index (χ2v) is 10.0. The van der Waals surface area contributed by atoms with Crippen molar-refractivity contribution in [1.29, 1.82) is 0 Å². The van der Waals surface area contributed by atoms with E-state index in [4.69, 9.17) is 18.4 Å². The van der Waals surface area contributed by atoms with Gasteiger partial charge in [-0.05, 0) is 55.4 Å². The number of hydrogen-bond acceptors (Lipinski definition) is 9. The number of aromatic nitrogens is 1. The van der Waals surface area contributed by atoms with Crippen LogP contribution in [0.25, 0.3) is 12.2 Å². The van der Waals surface area contributed by atoms with Crippen molar-refractivity contribution >= 4 is 41.6 Å². The van der Waals surface area contributed by atoms with Crippen LogP contribution in [0.2, 0.25) is 0 Å². The molecule has 0 saturated heterocycles. The predicted molar refractivity (Wildman–Crippen MR) is 152 cm³/mol. The quantitative estimate of drug-likeness (QED) is 0.108. The smallest absolute Gasteiger partial charge is 0.328 e. The summed E-state index contributed by atoms with van der Waals surface area (Å²) in [5.74, 6) is 0.498. The lowest BCUT2D eigenvalue weighted by molar-refractivity contribution is 0.0275. The summed E-state index contributed by atoms with van der Waals surface area (Å²) in [4.78, 5) is 16.8. The Labute approximate surface area is 230 Å². The van der Waals surface area contributed by atoms with E-state index in [1.165, 1.54) is 19.5 Å². The van der Waals surface area contributed by atoms with Crippen LogP contribution in [0.4, 0.5) is 5.69 Å². The molecule has 0 amide bonds. The number of ether oxygens (including phenoxy) is 3. The SMILES string of the molecule is Cc1ccc(S(=O)(=O)OCCOCCOCCOc2ccc(/C=C/c3ccc(N(C)[B]C=O)cc3)cn2)cc1. The highest BCUT2D eigenvalue weighted by atomic mass is 32.2. The lowest BCUT2D eigenvalue weighted by Crippen LogP contribution is -2.23. The van der Waals surface area contributed by atoms with E-state index in [1.807, 2.05) is 56.5 Å². The van der Waals surface area contributed by atoms with Crippen LogP contribution in [-0.2, 0) is 28.6 Å². The third-order valence-corrected chi connectivity index (χ3v) is 6.76. The summed E-state index contributed by atoms with van der Waals surface area (Å²) in [5, 5.41) is 0. The maximum absolute atomic E-state index is 12.1. The molecule has 0 aliphatic rings. The van der Waals surface area contributed by atoms with Gasteiger partial charge in [0.2, 0.25) is 5.88 Å². The minimum Gasteiger partial charge on any atom is -0.475 e. The zero-order valence-electron chi connectivity index (χ0n) is 22.1. The third kappa shape index (κ3) is 10.6. The standard InChI is InChI=1S/C28H32BN2O7S/c1-23-3-12-27(13-4-23)39(33,34)38-20-18-36-16-15-35-17-19-37-28-14-9-25(21-30-28)6-5-24-7-10-26(11-8-24)31(2)29-22-32/h3-14,21-22H,15-20H2,1-2H3/b6-5+. The molecule has 1 heterocycles. The fourth-order valence-electron chi connectivity index (χ4n) is 3.27. The Morgan fingerprint density at radius 1 is 0.821 bits per heavy atom. The lowest BCUT2D eigenvalue weighted by Gasteiger charge is -2.15. The van der Waals surface area contributed by atoms with E-state index in [1.54, 1.807) is 29.2 Å². The molecule has 1 radical (unpaired) electrons. The molecule has 0 saturated carbocycles. The van der Waals surface area contributed by atoms with Crippen molar-refractivity contribution in [3.05, 3.63) is 83.6 Å². The van der Waals surface area contributed by atoms with Crippen LogP contribution in [0, 0.1) is 6.92 Å². The second-order valence-electron chi connectivity index (χ2n) is 8.41. The molecular formula is C28H32BN2O7S. The molecule has 205 valence electrons. The summed E-state index contributed by atoms with van der Waals surface area (Å²) in [6, 6.07) is 18.0. The number of benzene rings is 2. The van der Waals surface area contributed by atoms with Gasteiger partial charge in [0.25, 0.3) is 10.1 Å². The average molecular weight is 551 g/mol. The first-order valence-corrected chi connectivity index (χ1v) is 13.8. The van der Waals surface area contributed by atoms with Crippen LogP contribution in [0.1, 0.15) is 16.7 Å². The number of aryl methyl sites for hydroxylation is 1. The first-order chi connectivity index (χ1) is 18.9. The lowest BCUT2D eigenvalue weighted by atomic mass is 9.94. The zero-order chi connectivity index (χ0) is 27.9. The van der Waals surface area contributed by atoms with Crippen molar-refractivity contribution in [3.63, 3.8) is 0 Å². The molecule has 0 fully saturated rings. The highest BCUT2D eigenvalue weighted by Crippen LogP contribution is 2.16. The van der Waals surface area contributed by atoms with Gasteiger partial charge in [-0.2, -0.15) is 8.42 Å². The first-order valence-electron chi connectivity index (χ1n) is 12.4. The summed E-state index contributed by atoms with van der Waals surface area (Å²) < 4.78 is 45.6. The molecule has 39 heavy (non-hydrogen) atoms. The van der Waals surface area contributed by atoms with Crippen LogP contribution in [0.5, 0.6) is 5.88 Å². The molecular weight excluding hydrogens is 519 g/mol. The molecule has 0 aliphatic heterocycles. The molecule has 0 spiro atoms. The van der Waals surface area contributed by atoms with Crippen molar-refractivity contribution in [1.82, 2.24) is 4.98 Å². The van der Waals surface area contributed by atoms with Gasteiger partial charge in [-0.25, -0.2) is 4.98 Å². The zero-order valence-corrected chi connectivity index (χ0v) is 22.9. The Morgan fingerprint density at radius 2 is 1.44 bits per heavy atom. The fourth-order valence-corrected chi connectivity index (χ4v) is 4.16. The molecule has 1 aromatic heterocycles. The van der Waals surface area contributed by atoms with Gasteiger partial charge in [0.15, 0.2) is 0 Å². The van der Waals surface area contributed by atoms with Gasteiger partial charge >= 0.3 is 7.41 Å². The number of anilines is 1. The van der Waals surface area contributed by atoms with Gasteiger partial charge < -0.3 is 23.8 Å². The number of hydrogen-bond donors (Lipinski definition) is 0. The molecule has 9 nitrogen and oxygen atoms in total. The van der Waals surface area contributed by atoms with E-state index in [0.29, 0.717) is 32.3 Å². The van der Waals surface area contributed by atoms with Gasteiger partial charge in [0, 0.05) is 18.0 Å². The molecule has 0 aliphatic carbocycles. The normalized spacial score (nSPS) is 11.4. The summed E-state index contributed by atoms with van der Waals surface area (Å²) in [7, 11) is -0.500. The van der Waals surface area contributed by atoms with E-state index in [2.05, 4.69) is 4.98 Å². The van der Waals surface area contributed by atoms with E-state index in [0.717, 1.165) is 28.6 Å². The largest absolute Gasteiger partial charge is 0.475 e. The average Bonchev–Trinajstić information content (AvgIpc) is 2.94. The molecule has 3 rings (SSSR count). The van der Waals surface area contributed by atoms with Gasteiger partial charge in [0.05, 0.1) is 37.9 Å². The minimum absolute atomic E-state index is 0.0681. The van der Waals surface area contributed by atoms with Gasteiger partial charge in [-0.15, -0.1) is 0 Å². The molecule has 11 heteroatoms. The Morgan fingerprint density at radius 3 is 2.08 bits per heavy atom. The van der Waals surface area contributed by atoms with Gasteiger partial charge in [-0.3, -0.25) is 4.18 Å². The Hall–Kier alpha value is -3.51. The summed E-state index contributed by atoms with van der Waals surface area (Å²) in [6.07, 6.45) is 6.42. The summed E-state index contributed by atoms with van der Waals surface area (Å²) in [6.45, 7) is 3.30. The third-order valence-electron chi connectivity index (χ3n) is 5.44. The Balaban J connectivity index is 1.25. The number of nitrogens with zero attached hydrogens (tertiary/aromatic N) is 2. The van der Waals surface area contributed by atoms with E-state index >= 15 is 0 Å². The van der Waals surface area contributed by atoms with Crippen LogP contribution in [0.15, 0.2) is 71.8 Å². The van der Waals surface area contributed by atoms with Gasteiger partial charge in [-0.1, -0.05) is 42.0 Å². The van der Waals surface area contributed by atoms with Crippen molar-refractivity contribution in [2.75, 3.05) is 51.5 Å². The molecule has 2 aromatic carbocycles. The number of pyridine rings is 1. The van der Waals surface area contributed by atoms with Crippen molar-refractivity contribution in [2.24, 2.45) is 0 Å². The summed E-state index contributed by atoms with van der Waals surface area (Å²) in [5.41, 5.74) is 3.86. The maximum atomic E-state index is 12.1. The van der Waals surface area contributed by atoms with Crippen LogP contribution >= 0.6 is 0 Å². The minimum atomic E-state index is -3.78. The van der Waals surface area contributed by atoms with Gasteiger partial charge in [0.1, 0.15) is 12.8 Å². The van der Waals surface area contributed by atoms with Crippen LogP contribution < -0.4 is 9.55 Å². The highest BCUT2D eigenvalue weighted by Gasteiger charge is 2.14. The molecule has 0 atom stereocenters. The number of rotatable bonds is 17. The molecule has 0 unspecified atom stereocenters.